The molecule has 0 aromatic heterocycles. The predicted molar refractivity (Wildman–Crippen MR) is 111 cm³/mol. The Labute approximate surface area is 187 Å². The molecule has 0 bridgehead atoms. The van der Waals surface area contributed by atoms with Gasteiger partial charge in [0.15, 0.2) is 6.35 Å². The molecule has 32 heavy (non-hydrogen) atoms. The summed E-state index contributed by atoms with van der Waals surface area (Å²) in [7, 11) is 0. The summed E-state index contributed by atoms with van der Waals surface area (Å²) < 4.78 is 54.5. The summed E-state index contributed by atoms with van der Waals surface area (Å²) in [5.74, 6) is 0. The fraction of sp³-hybridized carbons (Fsp3) is 1.00. The van der Waals surface area contributed by atoms with Crippen molar-refractivity contribution in [2.24, 2.45) is 0 Å². The van der Waals surface area contributed by atoms with Crippen LogP contribution in [-0.2, 0) is 14.2 Å². The zero-order valence-electron chi connectivity index (χ0n) is 18.7. The van der Waals surface area contributed by atoms with Gasteiger partial charge in [-0.1, -0.05) is 0 Å². The Balaban J connectivity index is 1.29. The number of nitrogens with zero attached hydrogens (tertiary/aromatic N) is 2. The second kappa shape index (κ2) is 11.2. The molecule has 0 spiro atoms. The lowest BCUT2D eigenvalue weighted by Crippen LogP contribution is -2.76. The number of rotatable bonds is 7. The fourth-order valence-corrected chi connectivity index (χ4v) is 4.94. The zero-order valence-corrected chi connectivity index (χ0v) is 18.7. The Morgan fingerprint density at radius 3 is 2.38 bits per heavy atom. The first-order valence-corrected chi connectivity index (χ1v) is 11.8. The smallest absolute Gasteiger partial charge is 0.379 e. The molecule has 9 nitrogen and oxygen atoms in total. The van der Waals surface area contributed by atoms with E-state index in [1.165, 1.54) is 0 Å². The third kappa shape index (κ3) is 7.21. The molecule has 0 amide bonds. The molecule has 0 aliphatic carbocycles. The van der Waals surface area contributed by atoms with E-state index < -0.39 is 25.4 Å². The molecule has 0 aromatic carbocycles. The second-order valence-corrected chi connectivity index (χ2v) is 9.11. The lowest BCUT2D eigenvalue weighted by Gasteiger charge is -2.47. The van der Waals surface area contributed by atoms with Crippen LogP contribution in [0, 0.1) is 0 Å². The predicted octanol–water partition coefficient (Wildman–Crippen LogP) is 0.152. The van der Waals surface area contributed by atoms with Gasteiger partial charge in [0, 0.05) is 38.8 Å². The molecule has 12 heteroatoms. The standard InChI is InChI=1S/C20H37F3N6O3/c1-14-2-3-16(32-14)12-24-17-25-18(27-19(26-17)31-13-20(21,22)23)29-6-4-15(5-7-29)28-8-10-30-11-9-28/h14-19,24-27H,2-13H2,1H3. The van der Waals surface area contributed by atoms with E-state index in [9.17, 15) is 13.2 Å². The van der Waals surface area contributed by atoms with Gasteiger partial charge in [0.2, 0.25) is 0 Å². The van der Waals surface area contributed by atoms with Gasteiger partial charge in [0.1, 0.15) is 19.2 Å². The molecule has 4 fully saturated rings. The van der Waals surface area contributed by atoms with Gasteiger partial charge in [0.05, 0.1) is 25.4 Å². The van der Waals surface area contributed by atoms with E-state index >= 15 is 0 Å². The van der Waals surface area contributed by atoms with Crippen LogP contribution in [-0.4, -0.2) is 106 Å². The summed E-state index contributed by atoms with van der Waals surface area (Å²) in [6, 6.07) is 0.532. The number of piperidine rings is 1. The largest absolute Gasteiger partial charge is 0.411 e. The minimum Gasteiger partial charge on any atom is -0.379 e. The van der Waals surface area contributed by atoms with Crippen LogP contribution in [0.3, 0.4) is 0 Å². The van der Waals surface area contributed by atoms with Crippen molar-refractivity contribution in [2.75, 3.05) is 52.5 Å². The topological polar surface area (TPSA) is 82.3 Å². The molecule has 0 aromatic rings. The van der Waals surface area contributed by atoms with Crippen LogP contribution >= 0.6 is 0 Å². The summed E-state index contributed by atoms with van der Waals surface area (Å²) in [4.78, 5) is 4.73. The van der Waals surface area contributed by atoms with Crippen molar-refractivity contribution in [1.82, 2.24) is 31.1 Å². The average Bonchev–Trinajstić information content (AvgIpc) is 3.21. The quantitative estimate of drug-likeness (QED) is 0.419. The van der Waals surface area contributed by atoms with Crippen LogP contribution in [0.25, 0.3) is 0 Å². The third-order valence-corrected chi connectivity index (χ3v) is 6.66. The van der Waals surface area contributed by atoms with E-state index in [2.05, 4.69) is 38.0 Å². The van der Waals surface area contributed by atoms with Gasteiger partial charge in [-0.3, -0.25) is 31.1 Å². The van der Waals surface area contributed by atoms with Crippen LogP contribution in [0.4, 0.5) is 13.2 Å². The number of nitrogens with one attached hydrogen (secondary N) is 4. The van der Waals surface area contributed by atoms with E-state index in [-0.39, 0.29) is 18.5 Å². The Morgan fingerprint density at radius 2 is 1.72 bits per heavy atom. The fourth-order valence-electron chi connectivity index (χ4n) is 4.94. The monoisotopic (exact) mass is 466 g/mol. The van der Waals surface area contributed by atoms with Crippen LogP contribution in [0.2, 0.25) is 0 Å². The van der Waals surface area contributed by atoms with Crippen molar-refractivity contribution in [2.45, 2.75) is 76.0 Å². The van der Waals surface area contributed by atoms with Crippen LogP contribution in [0.1, 0.15) is 32.6 Å². The Morgan fingerprint density at radius 1 is 0.969 bits per heavy atom. The van der Waals surface area contributed by atoms with Gasteiger partial charge in [-0.25, -0.2) is 0 Å². The third-order valence-electron chi connectivity index (χ3n) is 6.66. The second-order valence-electron chi connectivity index (χ2n) is 9.11. The summed E-state index contributed by atoms with van der Waals surface area (Å²) in [6.07, 6.45) is -1.57. The summed E-state index contributed by atoms with van der Waals surface area (Å²) in [5, 5.41) is 12.9. The summed E-state index contributed by atoms with van der Waals surface area (Å²) in [5.41, 5.74) is 0. The molecule has 5 atom stereocenters. The molecule has 4 saturated heterocycles. The normalized spacial score (nSPS) is 36.6. The van der Waals surface area contributed by atoms with Gasteiger partial charge in [0.25, 0.3) is 0 Å². The molecule has 0 saturated carbocycles. The molecular weight excluding hydrogens is 429 g/mol. The van der Waals surface area contributed by atoms with E-state index in [4.69, 9.17) is 14.2 Å². The van der Waals surface area contributed by atoms with Gasteiger partial charge < -0.3 is 14.2 Å². The molecule has 4 aliphatic rings. The van der Waals surface area contributed by atoms with Crippen molar-refractivity contribution in [3.05, 3.63) is 0 Å². The molecule has 5 unspecified atom stereocenters. The van der Waals surface area contributed by atoms with Crippen molar-refractivity contribution in [3.63, 3.8) is 0 Å². The molecule has 4 rings (SSSR count). The van der Waals surface area contributed by atoms with Crippen molar-refractivity contribution in [1.29, 1.82) is 0 Å². The first kappa shape index (κ1) is 24.6. The van der Waals surface area contributed by atoms with Gasteiger partial charge in [-0.05, 0) is 32.6 Å². The number of hydrogen-bond acceptors (Lipinski definition) is 9. The maximum Gasteiger partial charge on any atom is 0.411 e. The number of halogens is 3. The highest BCUT2D eigenvalue weighted by Gasteiger charge is 2.37. The maximum atomic E-state index is 12.7. The molecule has 4 aliphatic heterocycles. The first-order valence-electron chi connectivity index (χ1n) is 11.8. The highest BCUT2D eigenvalue weighted by molar-refractivity contribution is 4.86. The average molecular weight is 467 g/mol. The number of likely N-dealkylation sites (tertiary alicyclic amines) is 1. The minimum absolute atomic E-state index is 0.112. The summed E-state index contributed by atoms with van der Waals surface area (Å²) >= 11 is 0. The van der Waals surface area contributed by atoms with E-state index in [0.29, 0.717) is 12.6 Å². The maximum absolute atomic E-state index is 12.7. The van der Waals surface area contributed by atoms with E-state index in [0.717, 1.165) is 65.1 Å². The number of alkyl halides is 3. The zero-order chi connectivity index (χ0) is 22.6. The lowest BCUT2D eigenvalue weighted by atomic mass is 10.0. The highest BCUT2D eigenvalue weighted by Crippen LogP contribution is 2.21. The highest BCUT2D eigenvalue weighted by atomic mass is 19.4. The van der Waals surface area contributed by atoms with Crippen molar-refractivity contribution >= 4 is 0 Å². The number of morpholine rings is 1. The molecule has 186 valence electrons. The van der Waals surface area contributed by atoms with E-state index in [1.54, 1.807) is 0 Å². The molecule has 0 radical (unpaired) electrons. The minimum atomic E-state index is -4.38. The first-order chi connectivity index (χ1) is 15.4. The Hall–Kier alpha value is -0.570. The van der Waals surface area contributed by atoms with E-state index in [1.807, 2.05) is 0 Å². The van der Waals surface area contributed by atoms with Gasteiger partial charge in [-0.15, -0.1) is 0 Å². The Kier molecular flexibility index (Phi) is 8.62. The van der Waals surface area contributed by atoms with Gasteiger partial charge >= 0.3 is 6.18 Å². The summed E-state index contributed by atoms with van der Waals surface area (Å²) in [6.45, 7) is 6.58. The molecule has 4 N–H and O–H groups in total. The van der Waals surface area contributed by atoms with Crippen LogP contribution in [0.5, 0.6) is 0 Å². The van der Waals surface area contributed by atoms with Crippen molar-refractivity contribution < 1.29 is 27.4 Å². The molecule has 4 heterocycles. The van der Waals surface area contributed by atoms with Crippen LogP contribution in [0.15, 0.2) is 0 Å². The van der Waals surface area contributed by atoms with Gasteiger partial charge in [-0.2, -0.15) is 13.2 Å². The lowest BCUT2D eigenvalue weighted by molar-refractivity contribution is -0.202. The van der Waals surface area contributed by atoms with Crippen molar-refractivity contribution in [3.8, 4) is 0 Å². The number of ether oxygens (including phenoxy) is 3. The SMILES string of the molecule is CC1CCC(CNC2NC(OCC(F)(F)F)NC(N3CCC(N4CCOCC4)CC3)N2)O1. The number of hydrogen-bond donors (Lipinski definition) is 4. The van der Waals surface area contributed by atoms with Crippen LogP contribution < -0.4 is 21.3 Å². The Bertz CT molecular complexity index is 575. The molecular formula is C20H37F3N6O3.